The zero-order valence-electron chi connectivity index (χ0n) is 17.4. The number of unbranched alkanes of at least 4 members (excludes halogenated alkanes) is 1. The smallest absolute Gasteiger partial charge is 0.243 e. The second-order valence-corrected chi connectivity index (χ2v) is 7.93. The Morgan fingerprint density at radius 3 is 2.83 bits per heavy atom. The third-order valence-electron chi connectivity index (χ3n) is 5.77. The van der Waals surface area contributed by atoms with Gasteiger partial charge in [-0.1, -0.05) is 23.4 Å². The number of nitrogens with zero attached hydrogens (tertiary/aromatic N) is 4. The van der Waals surface area contributed by atoms with Gasteiger partial charge in [-0.3, -0.25) is 9.80 Å². The monoisotopic (exact) mass is 400 g/mol. The molecule has 1 atom stereocenters. The van der Waals surface area contributed by atoms with E-state index >= 15 is 0 Å². The van der Waals surface area contributed by atoms with Gasteiger partial charge in [-0.15, -0.1) is 0 Å². The highest BCUT2D eigenvalue weighted by atomic mass is 16.5. The number of likely N-dealkylation sites (tertiary alicyclic amines) is 1. The molecule has 158 valence electrons. The maximum atomic E-state index is 6.16. The van der Waals surface area contributed by atoms with Crippen molar-refractivity contribution in [2.45, 2.75) is 45.2 Å². The number of morpholine rings is 1. The molecule has 2 aromatic rings. The zero-order chi connectivity index (χ0) is 19.9. The minimum Gasteiger partial charge on any atom is -0.493 e. The normalized spacial score (nSPS) is 20.9. The summed E-state index contributed by atoms with van der Waals surface area (Å²) in [5, 5.41) is 3.96. The van der Waals surface area contributed by atoms with Crippen molar-refractivity contribution >= 4 is 0 Å². The molecule has 2 aliphatic rings. The summed E-state index contributed by atoms with van der Waals surface area (Å²) in [6.07, 6.45) is 4.44. The van der Waals surface area contributed by atoms with Gasteiger partial charge in [0, 0.05) is 25.2 Å². The molecule has 7 heteroatoms. The van der Waals surface area contributed by atoms with Gasteiger partial charge in [-0.05, 0) is 51.8 Å². The van der Waals surface area contributed by atoms with E-state index in [1.807, 2.05) is 6.92 Å². The molecule has 1 aromatic heterocycles. The summed E-state index contributed by atoms with van der Waals surface area (Å²) in [4.78, 5) is 9.35. The third kappa shape index (κ3) is 5.56. The number of aryl methyl sites for hydroxylation is 1. The SMILES string of the molecule is Cc1noc(C2CCCN2Cc2ccccc2OCCCCN2CCOCC2)n1. The topological polar surface area (TPSA) is 63.9 Å². The van der Waals surface area contributed by atoms with Crippen molar-refractivity contribution in [2.24, 2.45) is 0 Å². The first kappa shape index (κ1) is 20.3. The average Bonchev–Trinajstić information content (AvgIpc) is 3.38. The van der Waals surface area contributed by atoms with E-state index in [1.54, 1.807) is 0 Å². The molecule has 7 nitrogen and oxygen atoms in total. The number of hydrogen-bond donors (Lipinski definition) is 0. The Morgan fingerprint density at radius 1 is 1.14 bits per heavy atom. The molecule has 2 aliphatic heterocycles. The first-order valence-electron chi connectivity index (χ1n) is 10.8. The van der Waals surface area contributed by atoms with Crippen molar-refractivity contribution in [3.63, 3.8) is 0 Å². The third-order valence-corrected chi connectivity index (χ3v) is 5.77. The van der Waals surface area contributed by atoms with Crippen LogP contribution >= 0.6 is 0 Å². The van der Waals surface area contributed by atoms with Crippen LogP contribution in [0, 0.1) is 6.92 Å². The Labute approximate surface area is 173 Å². The van der Waals surface area contributed by atoms with Gasteiger partial charge in [-0.2, -0.15) is 4.98 Å². The van der Waals surface area contributed by atoms with Crippen LogP contribution in [0.5, 0.6) is 5.75 Å². The van der Waals surface area contributed by atoms with Gasteiger partial charge in [0.25, 0.3) is 0 Å². The molecule has 0 saturated carbocycles. The summed E-state index contributed by atoms with van der Waals surface area (Å²) >= 11 is 0. The number of hydrogen-bond acceptors (Lipinski definition) is 7. The summed E-state index contributed by atoms with van der Waals surface area (Å²) in [7, 11) is 0. The summed E-state index contributed by atoms with van der Waals surface area (Å²) in [6, 6.07) is 8.59. The summed E-state index contributed by atoms with van der Waals surface area (Å²) in [5.41, 5.74) is 1.23. The Hall–Kier alpha value is -1.96. The number of aromatic nitrogens is 2. The lowest BCUT2D eigenvalue weighted by Crippen LogP contribution is -2.36. The standard InChI is InChI=1S/C22H32N4O3/c1-18-23-22(29-24-18)20-8-6-11-26(20)17-19-7-2-3-9-21(19)28-14-5-4-10-25-12-15-27-16-13-25/h2-3,7,9,20H,4-6,8,10-17H2,1H3. The fraction of sp³-hybridized carbons (Fsp3) is 0.636. The minimum atomic E-state index is 0.206. The zero-order valence-corrected chi connectivity index (χ0v) is 17.4. The van der Waals surface area contributed by atoms with E-state index in [-0.39, 0.29) is 6.04 Å². The van der Waals surface area contributed by atoms with E-state index in [4.69, 9.17) is 14.0 Å². The highest BCUT2D eigenvalue weighted by molar-refractivity contribution is 5.33. The largest absolute Gasteiger partial charge is 0.493 e. The van der Waals surface area contributed by atoms with Crippen LogP contribution in [0.1, 0.15) is 49.0 Å². The second-order valence-electron chi connectivity index (χ2n) is 7.93. The fourth-order valence-corrected chi connectivity index (χ4v) is 4.18. The lowest BCUT2D eigenvalue weighted by Gasteiger charge is -2.26. The van der Waals surface area contributed by atoms with E-state index in [9.17, 15) is 0 Å². The van der Waals surface area contributed by atoms with E-state index in [0.717, 1.165) is 89.9 Å². The van der Waals surface area contributed by atoms with Gasteiger partial charge in [0.15, 0.2) is 5.82 Å². The van der Waals surface area contributed by atoms with E-state index < -0.39 is 0 Å². The molecule has 0 aliphatic carbocycles. The van der Waals surface area contributed by atoms with Gasteiger partial charge >= 0.3 is 0 Å². The molecule has 0 N–H and O–H groups in total. The first-order valence-corrected chi connectivity index (χ1v) is 10.8. The van der Waals surface area contributed by atoms with Crippen molar-refractivity contribution in [2.75, 3.05) is 46.0 Å². The molecule has 2 saturated heterocycles. The Morgan fingerprint density at radius 2 is 2.00 bits per heavy atom. The molecule has 0 bridgehead atoms. The average molecular weight is 401 g/mol. The maximum absolute atomic E-state index is 6.16. The van der Waals surface area contributed by atoms with Crippen LogP contribution in [0.25, 0.3) is 0 Å². The molecule has 1 unspecified atom stereocenters. The molecule has 1 aromatic carbocycles. The Balaban J connectivity index is 1.27. The second kappa shape index (κ2) is 10.2. The van der Waals surface area contributed by atoms with Crippen LogP contribution in [-0.4, -0.2) is 65.9 Å². The van der Waals surface area contributed by atoms with Crippen molar-refractivity contribution in [3.8, 4) is 5.75 Å². The maximum Gasteiger partial charge on any atom is 0.243 e. The molecule has 0 amide bonds. The highest BCUT2D eigenvalue weighted by Crippen LogP contribution is 2.33. The van der Waals surface area contributed by atoms with E-state index in [2.05, 4.69) is 44.2 Å². The lowest BCUT2D eigenvalue weighted by atomic mass is 10.1. The molecule has 3 heterocycles. The van der Waals surface area contributed by atoms with E-state index in [1.165, 1.54) is 5.56 Å². The number of para-hydroxylation sites is 1. The number of ether oxygens (including phenoxy) is 2. The predicted octanol–water partition coefficient (Wildman–Crippen LogP) is 3.21. The van der Waals surface area contributed by atoms with Gasteiger partial charge in [0.05, 0.1) is 25.9 Å². The molecule has 0 spiro atoms. The first-order chi connectivity index (χ1) is 14.3. The van der Waals surface area contributed by atoms with Crippen LogP contribution in [0.2, 0.25) is 0 Å². The van der Waals surface area contributed by atoms with Crippen molar-refractivity contribution in [3.05, 3.63) is 41.5 Å². The van der Waals surface area contributed by atoms with E-state index in [0.29, 0.717) is 5.82 Å². The van der Waals surface area contributed by atoms with Gasteiger partial charge in [0.2, 0.25) is 5.89 Å². The van der Waals surface area contributed by atoms with Crippen LogP contribution in [0.4, 0.5) is 0 Å². The molecular formula is C22H32N4O3. The summed E-state index contributed by atoms with van der Waals surface area (Å²) < 4.78 is 17.0. The molecule has 0 radical (unpaired) electrons. The number of rotatable bonds is 9. The van der Waals surface area contributed by atoms with Crippen LogP contribution < -0.4 is 4.74 Å². The molecule has 2 fully saturated rings. The van der Waals surface area contributed by atoms with Crippen molar-refractivity contribution < 1.29 is 14.0 Å². The van der Waals surface area contributed by atoms with Crippen molar-refractivity contribution in [1.29, 1.82) is 0 Å². The van der Waals surface area contributed by atoms with Gasteiger partial charge in [0.1, 0.15) is 5.75 Å². The predicted molar refractivity (Wildman–Crippen MR) is 110 cm³/mol. The summed E-state index contributed by atoms with van der Waals surface area (Å²) in [6.45, 7) is 9.49. The fourth-order valence-electron chi connectivity index (χ4n) is 4.18. The van der Waals surface area contributed by atoms with Gasteiger partial charge in [-0.25, -0.2) is 0 Å². The number of benzene rings is 1. The van der Waals surface area contributed by atoms with Crippen molar-refractivity contribution in [1.82, 2.24) is 19.9 Å². The minimum absolute atomic E-state index is 0.206. The van der Waals surface area contributed by atoms with Gasteiger partial charge < -0.3 is 14.0 Å². The highest BCUT2D eigenvalue weighted by Gasteiger charge is 2.30. The summed E-state index contributed by atoms with van der Waals surface area (Å²) in [5.74, 6) is 2.43. The quantitative estimate of drug-likeness (QED) is 0.599. The molecule has 4 rings (SSSR count). The molecular weight excluding hydrogens is 368 g/mol. The Kier molecular flexibility index (Phi) is 7.14. The lowest BCUT2D eigenvalue weighted by molar-refractivity contribution is 0.0368. The Bertz CT molecular complexity index is 760. The van der Waals surface area contributed by atoms with Crippen LogP contribution in [0.3, 0.4) is 0 Å². The molecule has 29 heavy (non-hydrogen) atoms. The van der Waals surface area contributed by atoms with Crippen LogP contribution in [-0.2, 0) is 11.3 Å². The van der Waals surface area contributed by atoms with Crippen LogP contribution in [0.15, 0.2) is 28.8 Å².